The van der Waals surface area contributed by atoms with E-state index < -0.39 is 17.5 Å². The predicted molar refractivity (Wildman–Crippen MR) is 101 cm³/mol. The van der Waals surface area contributed by atoms with Crippen LogP contribution in [0.2, 0.25) is 0 Å². The molecule has 0 radical (unpaired) electrons. The predicted octanol–water partition coefficient (Wildman–Crippen LogP) is 3.00. The van der Waals surface area contributed by atoms with Crippen molar-refractivity contribution in [2.45, 2.75) is 32.0 Å². The Morgan fingerprint density at radius 3 is 2.29 bits per heavy atom. The number of likely N-dealkylation sites (tertiary alicyclic amines) is 1. The van der Waals surface area contributed by atoms with Crippen molar-refractivity contribution in [3.8, 4) is 0 Å². The highest BCUT2D eigenvalue weighted by Gasteiger charge is 2.64. The number of hydrogen-bond donors (Lipinski definition) is 0. The third kappa shape index (κ3) is 4.06. The molecule has 2 aliphatic heterocycles. The molecule has 0 N–H and O–H groups in total. The van der Waals surface area contributed by atoms with Crippen LogP contribution < -0.4 is 0 Å². The molecule has 0 spiro atoms. The summed E-state index contributed by atoms with van der Waals surface area (Å²) in [4.78, 5) is 18.6. The summed E-state index contributed by atoms with van der Waals surface area (Å²) in [6.07, 6.45) is -2.16. The summed E-state index contributed by atoms with van der Waals surface area (Å²) in [6.45, 7) is 3.70. The lowest BCUT2D eigenvalue weighted by molar-refractivity contribution is -0.224. The van der Waals surface area contributed by atoms with Crippen LogP contribution in [0.25, 0.3) is 0 Å². The zero-order valence-corrected chi connectivity index (χ0v) is 16.1. The molecule has 4 nitrogen and oxygen atoms in total. The van der Waals surface area contributed by atoms with Gasteiger partial charge in [-0.1, -0.05) is 30.3 Å². The second-order valence-corrected chi connectivity index (χ2v) is 8.56. The van der Waals surface area contributed by atoms with Crippen LogP contribution in [0.4, 0.5) is 13.2 Å². The number of hydrogen-bond acceptors (Lipinski definition) is 3. The van der Waals surface area contributed by atoms with Gasteiger partial charge in [0.1, 0.15) is 0 Å². The number of alkyl halides is 3. The van der Waals surface area contributed by atoms with E-state index in [-0.39, 0.29) is 13.0 Å². The molecule has 4 rings (SSSR count). The van der Waals surface area contributed by atoms with Crippen LogP contribution in [0.3, 0.4) is 0 Å². The monoisotopic (exact) mass is 395 g/mol. The van der Waals surface area contributed by atoms with Gasteiger partial charge in [0.2, 0.25) is 5.91 Å². The lowest BCUT2D eigenvalue weighted by Crippen LogP contribution is -2.58. The van der Waals surface area contributed by atoms with Gasteiger partial charge in [0.25, 0.3) is 0 Å². The van der Waals surface area contributed by atoms with Crippen LogP contribution in [0, 0.1) is 11.3 Å². The Hall–Kier alpha value is -1.60. The Labute approximate surface area is 164 Å². The van der Waals surface area contributed by atoms with E-state index in [1.165, 1.54) is 17.7 Å². The number of amides is 1. The van der Waals surface area contributed by atoms with Gasteiger partial charge in [0.05, 0.1) is 0 Å². The topological polar surface area (TPSA) is 26.8 Å². The zero-order valence-electron chi connectivity index (χ0n) is 16.1. The molecule has 1 unspecified atom stereocenters. The molecule has 7 heteroatoms. The van der Waals surface area contributed by atoms with Gasteiger partial charge in [0.15, 0.2) is 5.41 Å². The average molecular weight is 395 g/mol. The molecule has 0 bridgehead atoms. The maximum atomic E-state index is 14.1. The van der Waals surface area contributed by atoms with Crippen LogP contribution in [-0.2, 0) is 11.3 Å². The summed E-state index contributed by atoms with van der Waals surface area (Å²) in [6, 6.07) is 9.48. The van der Waals surface area contributed by atoms with E-state index in [1.807, 2.05) is 30.3 Å². The smallest absolute Gasteiger partial charge is 0.339 e. The number of carbonyl (C=O) groups excluding carboxylic acids is 1. The van der Waals surface area contributed by atoms with Crippen LogP contribution >= 0.6 is 0 Å². The molecule has 3 fully saturated rings. The Balaban J connectivity index is 1.42. The van der Waals surface area contributed by atoms with Crippen molar-refractivity contribution < 1.29 is 18.0 Å². The first kappa shape index (κ1) is 19.7. The van der Waals surface area contributed by atoms with E-state index in [4.69, 9.17) is 0 Å². The van der Waals surface area contributed by atoms with Gasteiger partial charge < -0.3 is 4.90 Å². The van der Waals surface area contributed by atoms with Crippen molar-refractivity contribution in [3.05, 3.63) is 35.9 Å². The number of carbonyl (C=O) groups is 1. The molecule has 0 aromatic heterocycles. The molecule has 1 saturated carbocycles. The highest BCUT2D eigenvalue weighted by Crippen LogP contribution is 2.47. The second kappa shape index (κ2) is 7.67. The molecule has 3 aliphatic rings. The van der Waals surface area contributed by atoms with Crippen molar-refractivity contribution in [2.75, 3.05) is 45.8 Å². The van der Waals surface area contributed by atoms with Crippen molar-refractivity contribution in [3.63, 3.8) is 0 Å². The van der Waals surface area contributed by atoms with Crippen molar-refractivity contribution in [1.82, 2.24) is 14.7 Å². The Morgan fingerprint density at radius 2 is 1.68 bits per heavy atom. The molecule has 154 valence electrons. The van der Waals surface area contributed by atoms with Crippen LogP contribution in [0.5, 0.6) is 0 Å². The minimum absolute atomic E-state index is 0.148. The molecule has 2 saturated heterocycles. The van der Waals surface area contributed by atoms with Crippen LogP contribution in [-0.4, -0.2) is 72.6 Å². The Morgan fingerprint density at radius 1 is 1.00 bits per heavy atom. The number of benzene rings is 1. The summed E-state index contributed by atoms with van der Waals surface area (Å²) in [5.41, 5.74) is -1.29. The quantitative estimate of drug-likeness (QED) is 0.767. The van der Waals surface area contributed by atoms with Gasteiger partial charge in [-0.15, -0.1) is 0 Å². The Bertz CT molecular complexity index is 684. The van der Waals surface area contributed by atoms with E-state index >= 15 is 0 Å². The Kier molecular flexibility index (Phi) is 5.40. The fraction of sp³-hybridized carbons (Fsp3) is 0.667. The van der Waals surface area contributed by atoms with Crippen molar-refractivity contribution in [2.24, 2.45) is 11.3 Å². The molecule has 1 amide bonds. The first-order valence-electron chi connectivity index (χ1n) is 10.2. The maximum Gasteiger partial charge on any atom is 0.404 e. The van der Waals surface area contributed by atoms with Crippen molar-refractivity contribution in [1.29, 1.82) is 0 Å². The van der Waals surface area contributed by atoms with E-state index in [9.17, 15) is 18.0 Å². The van der Waals surface area contributed by atoms with Gasteiger partial charge in [0, 0.05) is 45.8 Å². The molecule has 28 heavy (non-hydrogen) atoms. The van der Waals surface area contributed by atoms with Gasteiger partial charge in [-0.2, -0.15) is 13.2 Å². The fourth-order valence-electron chi connectivity index (χ4n) is 4.49. The molecule has 1 atom stereocenters. The molecule has 1 aromatic carbocycles. The highest BCUT2D eigenvalue weighted by molar-refractivity contribution is 5.84. The lowest BCUT2D eigenvalue weighted by Gasteiger charge is -2.40. The number of rotatable bonds is 5. The fourth-order valence-corrected chi connectivity index (χ4v) is 4.49. The largest absolute Gasteiger partial charge is 0.404 e. The first-order valence-corrected chi connectivity index (χ1v) is 10.2. The summed E-state index contributed by atoms with van der Waals surface area (Å²) < 4.78 is 42.3. The first-order chi connectivity index (χ1) is 13.4. The third-order valence-electron chi connectivity index (χ3n) is 6.42. The summed E-state index contributed by atoms with van der Waals surface area (Å²) in [7, 11) is 0. The number of nitrogens with zero attached hydrogens (tertiary/aromatic N) is 3. The molecular weight excluding hydrogens is 367 g/mol. The van der Waals surface area contributed by atoms with Gasteiger partial charge in [-0.05, 0) is 37.3 Å². The SMILES string of the molecule is O=C(N1CCN(CC2CC2)CC1)C1(C(F)(F)F)CCN(Cc2ccccc2)C1. The second-order valence-electron chi connectivity index (χ2n) is 8.56. The lowest BCUT2D eigenvalue weighted by atomic mass is 9.84. The molecule has 2 heterocycles. The third-order valence-corrected chi connectivity index (χ3v) is 6.42. The molecular formula is C21H28F3N3O. The summed E-state index contributed by atoms with van der Waals surface area (Å²) in [5, 5.41) is 0. The summed E-state index contributed by atoms with van der Waals surface area (Å²) >= 11 is 0. The molecule has 1 aliphatic carbocycles. The van der Waals surface area contributed by atoms with Crippen molar-refractivity contribution >= 4 is 5.91 Å². The van der Waals surface area contributed by atoms with Gasteiger partial charge in [-0.3, -0.25) is 14.6 Å². The van der Waals surface area contributed by atoms with E-state index in [0.717, 1.165) is 18.0 Å². The number of halogens is 3. The molecule has 1 aromatic rings. The summed E-state index contributed by atoms with van der Waals surface area (Å²) in [5.74, 6) is 0.0341. The number of piperazine rings is 1. The van der Waals surface area contributed by atoms with E-state index in [1.54, 1.807) is 4.90 Å². The zero-order chi connectivity index (χ0) is 19.8. The van der Waals surface area contributed by atoms with E-state index in [0.29, 0.717) is 39.3 Å². The van der Waals surface area contributed by atoms with Crippen LogP contribution in [0.15, 0.2) is 30.3 Å². The van der Waals surface area contributed by atoms with E-state index in [2.05, 4.69) is 4.90 Å². The minimum Gasteiger partial charge on any atom is -0.339 e. The van der Waals surface area contributed by atoms with Gasteiger partial charge in [-0.25, -0.2) is 0 Å². The normalized spacial score (nSPS) is 27.3. The highest BCUT2D eigenvalue weighted by atomic mass is 19.4. The standard InChI is InChI=1S/C21H28F3N3O/c22-21(23,24)20(8-9-26(16-20)15-17-4-2-1-3-5-17)19(28)27-12-10-25(11-13-27)14-18-6-7-18/h1-5,18H,6-16H2. The maximum absolute atomic E-state index is 14.1. The minimum atomic E-state index is -4.53. The average Bonchev–Trinajstić information content (AvgIpc) is 3.38. The van der Waals surface area contributed by atoms with Crippen LogP contribution in [0.1, 0.15) is 24.8 Å². The van der Waals surface area contributed by atoms with Gasteiger partial charge >= 0.3 is 6.18 Å².